The second-order valence-electron chi connectivity index (χ2n) is 7.93. The average Bonchev–Trinajstić information content (AvgIpc) is 3.39. The number of hydrogen-bond donors (Lipinski definition) is 1. The van der Waals surface area contributed by atoms with Crippen LogP contribution >= 0.6 is 27.5 Å². The number of hydrogen-bond acceptors (Lipinski definition) is 6. The maximum atomic E-state index is 13.3. The Labute approximate surface area is 197 Å². The summed E-state index contributed by atoms with van der Waals surface area (Å²) in [6.45, 7) is 3.98. The molecular formula is C22H23BrClN3O3S. The van der Waals surface area contributed by atoms with Gasteiger partial charge in [0.15, 0.2) is 11.5 Å². The van der Waals surface area contributed by atoms with Crippen LogP contribution in [-0.2, 0) is 16.9 Å². The van der Waals surface area contributed by atoms with Gasteiger partial charge in [-0.05, 0) is 60.7 Å². The molecule has 1 N–H and O–H groups in total. The molecule has 4 rings (SSSR count). The van der Waals surface area contributed by atoms with Gasteiger partial charge in [0.25, 0.3) is 5.03 Å². The lowest BCUT2D eigenvalue weighted by molar-refractivity contribution is 0.101. The van der Waals surface area contributed by atoms with Crippen molar-refractivity contribution in [1.82, 2.24) is 10.1 Å². The molecule has 31 heavy (non-hydrogen) atoms. The van der Waals surface area contributed by atoms with Crippen LogP contribution in [0.2, 0.25) is 5.02 Å². The summed E-state index contributed by atoms with van der Waals surface area (Å²) >= 11 is 8.50. The molecule has 1 saturated carbocycles. The molecule has 164 valence electrons. The van der Waals surface area contributed by atoms with Gasteiger partial charge in [-0.25, -0.2) is 0 Å². The van der Waals surface area contributed by atoms with Crippen molar-refractivity contribution in [2.45, 2.75) is 50.3 Å². The highest BCUT2D eigenvalue weighted by Crippen LogP contribution is 2.40. The highest BCUT2D eigenvalue weighted by atomic mass is 79.9. The molecule has 3 aromatic rings. The summed E-state index contributed by atoms with van der Waals surface area (Å²) < 4.78 is 19.2. The van der Waals surface area contributed by atoms with Crippen LogP contribution in [0.25, 0.3) is 10.9 Å². The molecule has 1 unspecified atom stereocenters. The quantitative estimate of drug-likeness (QED) is 0.298. The summed E-state index contributed by atoms with van der Waals surface area (Å²) in [5, 5.41) is 8.80. The van der Waals surface area contributed by atoms with Crippen molar-refractivity contribution < 1.29 is 13.9 Å². The topological polar surface area (TPSA) is 91.1 Å². The van der Waals surface area contributed by atoms with E-state index in [2.05, 4.69) is 31.4 Å². The second-order valence-corrected chi connectivity index (χ2v) is 10.6. The highest BCUT2D eigenvalue weighted by molar-refractivity contribution is 9.10. The third-order valence-corrected chi connectivity index (χ3v) is 7.81. The van der Waals surface area contributed by atoms with Crippen molar-refractivity contribution in [2.24, 2.45) is 5.92 Å². The maximum absolute atomic E-state index is 13.3. The first-order valence-corrected chi connectivity index (χ1v) is 12.7. The zero-order valence-corrected chi connectivity index (χ0v) is 20.5. The third-order valence-electron chi connectivity index (χ3n) is 5.57. The Hall–Kier alpha value is -1.61. The van der Waals surface area contributed by atoms with Crippen LogP contribution in [0.5, 0.6) is 0 Å². The number of anilines is 1. The van der Waals surface area contributed by atoms with E-state index in [1.165, 1.54) is 19.8 Å². The van der Waals surface area contributed by atoms with Crippen LogP contribution in [0.4, 0.5) is 5.69 Å². The van der Waals surface area contributed by atoms with Gasteiger partial charge in [0, 0.05) is 33.6 Å². The predicted octanol–water partition coefficient (Wildman–Crippen LogP) is 6.06. The zero-order valence-electron chi connectivity index (χ0n) is 17.3. The standard InChI is InChI=1S/C22H23BrClN3O3S/c1-12-9-15(27-30-12)11-31(29)22-18(13(2)28)21(25-10-14-5-3-4-6-14)19-17(24)8-7-16(23)20(19)26-22/h7-9,14H,3-6,10-11H2,1-2H3,(H,25,26). The normalized spacial score (nSPS) is 15.5. The number of aromatic nitrogens is 2. The Balaban J connectivity index is 1.85. The fraction of sp³-hybridized carbons (Fsp3) is 0.409. The van der Waals surface area contributed by atoms with E-state index in [1.807, 2.05) is 0 Å². The number of pyridine rings is 1. The molecule has 0 spiro atoms. The molecule has 0 bridgehead atoms. The van der Waals surface area contributed by atoms with E-state index >= 15 is 0 Å². The van der Waals surface area contributed by atoms with Crippen molar-refractivity contribution in [2.75, 3.05) is 11.9 Å². The van der Waals surface area contributed by atoms with Crippen molar-refractivity contribution in [3.05, 3.63) is 44.7 Å². The smallest absolute Gasteiger partial charge is 0.258 e. The van der Waals surface area contributed by atoms with Crippen molar-refractivity contribution in [3.8, 4) is 0 Å². The number of benzene rings is 1. The fourth-order valence-electron chi connectivity index (χ4n) is 4.10. The minimum atomic E-state index is -1.60. The van der Waals surface area contributed by atoms with Gasteiger partial charge in [0.2, 0.25) is 0 Å². The van der Waals surface area contributed by atoms with Gasteiger partial charge in [-0.2, -0.15) is 4.98 Å². The molecule has 2 heterocycles. The van der Waals surface area contributed by atoms with Gasteiger partial charge in [-0.3, -0.25) is 4.79 Å². The summed E-state index contributed by atoms with van der Waals surface area (Å²) in [5.74, 6) is 1.08. The van der Waals surface area contributed by atoms with Crippen molar-refractivity contribution >= 4 is 61.1 Å². The number of nitrogens with one attached hydrogen (secondary N) is 1. The van der Waals surface area contributed by atoms with Gasteiger partial charge in [0.05, 0.1) is 16.2 Å². The first-order valence-electron chi connectivity index (χ1n) is 10.2. The summed E-state index contributed by atoms with van der Waals surface area (Å²) in [4.78, 5) is 17.4. The van der Waals surface area contributed by atoms with Crippen LogP contribution in [-0.4, -0.2) is 27.0 Å². The summed E-state index contributed by atoms with van der Waals surface area (Å²) in [6.07, 6.45) is 4.77. The van der Waals surface area contributed by atoms with Crippen LogP contribution in [0.1, 0.15) is 54.4 Å². The highest BCUT2D eigenvalue weighted by Gasteiger charge is 2.30. The summed E-state index contributed by atoms with van der Waals surface area (Å²) in [7, 11) is 0. The molecular weight excluding hydrogens is 502 g/mol. The number of ketones is 1. The Bertz CT molecular complexity index is 1130. The molecule has 1 fully saturated rings. The number of halogens is 2. The molecule has 1 aliphatic rings. The summed E-state index contributed by atoms with van der Waals surface area (Å²) in [6, 6.07) is 5.31. The van der Waals surface area contributed by atoms with Crippen LogP contribution in [0.3, 0.4) is 0 Å². The van der Waals surface area contributed by atoms with Gasteiger partial charge in [-0.1, -0.05) is 29.6 Å². The van der Waals surface area contributed by atoms with Gasteiger partial charge < -0.3 is 14.4 Å². The molecule has 9 heteroatoms. The lowest BCUT2D eigenvalue weighted by Crippen LogP contribution is -2.19. The Morgan fingerprint density at radius 1 is 1.39 bits per heavy atom. The lowest BCUT2D eigenvalue weighted by atomic mass is 10.0. The van der Waals surface area contributed by atoms with Gasteiger partial charge in [-0.15, -0.1) is 0 Å². The number of Topliss-reactive ketones (excluding diaryl/α,β-unsaturated/α-hetero) is 1. The minimum Gasteiger partial charge on any atom is -0.610 e. The summed E-state index contributed by atoms with van der Waals surface area (Å²) in [5.41, 5.74) is 2.06. The number of fused-ring (bicyclic) bond motifs is 1. The van der Waals surface area contributed by atoms with E-state index in [0.717, 1.165) is 23.9 Å². The Kier molecular flexibility index (Phi) is 6.91. The van der Waals surface area contributed by atoms with E-state index in [0.29, 0.717) is 44.5 Å². The molecule has 6 nitrogen and oxygen atoms in total. The molecule has 0 radical (unpaired) electrons. The molecule has 1 aromatic carbocycles. The molecule has 1 aliphatic carbocycles. The minimum absolute atomic E-state index is 0.108. The molecule has 0 aliphatic heterocycles. The van der Waals surface area contributed by atoms with E-state index in [1.54, 1.807) is 25.1 Å². The van der Waals surface area contributed by atoms with Crippen molar-refractivity contribution in [3.63, 3.8) is 0 Å². The van der Waals surface area contributed by atoms with Gasteiger partial charge in [0.1, 0.15) is 17.0 Å². The number of carbonyl (C=O) groups excluding carboxylic acids is 1. The number of rotatable bonds is 7. The van der Waals surface area contributed by atoms with Gasteiger partial charge >= 0.3 is 0 Å². The van der Waals surface area contributed by atoms with E-state index in [-0.39, 0.29) is 16.6 Å². The van der Waals surface area contributed by atoms with Crippen LogP contribution < -0.4 is 5.32 Å². The molecule has 2 aromatic heterocycles. The van der Waals surface area contributed by atoms with E-state index in [9.17, 15) is 9.35 Å². The number of aryl methyl sites for hydroxylation is 1. The number of nitrogens with zero attached hydrogens (tertiary/aromatic N) is 2. The van der Waals surface area contributed by atoms with E-state index in [4.69, 9.17) is 16.1 Å². The first-order chi connectivity index (χ1) is 14.8. The maximum Gasteiger partial charge on any atom is 0.258 e. The monoisotopic (exact) mass is 523 g/mol. The average molecular weight is 525 g/mol. The molecule has 0 saturated heterocycles. The largest absolute Gasteiger partial charge is 0.610 e. The predicted molar refractivity (Wildman–Crippen MR) is 126 cm³/mol. The third kappa shape index (κ3) is 4.77. The van der Waals surface area contributed by atoms with Crippen LogP contribution in [0, 0.1) is 12.8 Å². The van der Waals surface area contributed by atoms with Crippen molar-refractivity contribution in [1.29, 1.82) is 0 Å². The van der Waals surface area contributed by atoms with Crippen LogP contribution in [0.15, 0.2) is 32.2 Å². The second kappa shape index (κ2) is 9.48. The molecule has 1 atom stereocenters. The fourth-order valence-corrected chi connectivity index (χ4v) is 5.97. The zero-order chi connectivity index (χ0) is 22.1. The van der Waals surface area contributed by atoms with E-state index < -0.39 is 11.2 Å². The first kappa shape index (κ1) is 22.6. The Morgan fingerprint density at radius 3 is 2.77 bits per heavy atom. The lowest BCUT2D eigenvalue weighted by Gasteiger charge is -2.20. The SMILES string of the molecule is CC(=O)c1c([S+]([O-])Cc2cc(C)on2)nc2c(Br)ccc(Cl)c2c1NCC1CCCC1. The number of carbonyl (C=O) groups is 1. The Morgan fingerprint density at radius 2 is 2.13 bits per heavy atom. The molecule has 0 amide bonds.